The van der Waals surface area contributed by atoms with Crippen LogP contribution in [0.5, 0.6) is 0 Å². The van der Waals surface area contributed by atoms with Crippen LogP contribution in [-0.2, 0) is 4.74 Å². The number of nitrogens with one attached hydrogen (secondary N) is 1. The van der Waals surface area contributed by atoms with Gasteiger partial charge in [0.2, 0.25) is 0 Å². The zero-order valence-electron chi connectivity index (χ0n) is 12.5. The second-order valence-electron chi connectivity index (χ2n) is 6.73. The van der Waals surface area contributed by atoms with Gasteiger partial charge in [0.15, 0.2) is 0 Å². The van der Waals surface area contributed by atoms with Gasteiger partial charge in [-0.15, -0.1) is 0 Å². The summed E-state index contributed by atoms with van der Waals surface area (Å²) >= 11 is 0. The molecule has 0 aromatic heterocycles. The van der Waals surface area contributed by atoms with Crippen molar-refractivity contribution in [1.82, 2.24) is 10.2 Å². The predicted molar refractivity (Wildman–Crippen MR) is 75.9 cm³/mol. The minimum atomic E-state index is 0.311. The van der Waals surface area contributed by atoms with Crippen LogP contribution in [0.1, 0.15) is 47.0 Å². The molecular weight excluding hydrogens is 224 g/mol. The van der Waals surface area contributed by atoms with Crippen molar-refractivity contribution in [2.45, 2.75) is 64.6 Å². The first-order chi connectivity index (χ1) is 8.55. The third-order valence-corrected chi connectivity index (χ3v) is 4.75. The molecule has 2 fully saturated rings. The third-order valence-electron chi connectivity index (χ3n) is 4.75. The van der Waals surface area contributed by atoms with Crippen molar-refractivity contribution in [2.75, 3.05) is 26.3 Å². The van der Waals surface area contributed by atoms with Crippen LogP contribution in [0.2, 0.25) is 0 Å². The highest BCUT2D eigenvalue weighted by atomic mass is 16.5. The minimum Gasteiger partial charge on any atom is -0.380 e. The van der Waals surface area contributed by atoms with Gasteiger partial charge in [-0.1, -0.05) is 20.8 Å². The Morgan fingerprint density at radius 3 is 2.78 bits per heavy atom. The van der Waals surface area contributed by atoms with Crippen molar-refractivity contribution in [3.63, 3.8) is 0 Å². The summed E-state index contributed by atoms with van der Waals surface area (Å²) in [4.78, 5) is 2.74. The molecule has 2 saturated heterocycles. The number of rotatable bonds is 4. The number of hydrogen-bond donors (Lipinski definition) is 1. The van der Waals surface area contributed by atoms with Gasteiger partial charge in [-0.05, 0) is 32.1 Å². The van der Waals surface area contributed by atoms with E-state index >= 15 is 0 Å². The number of ether oxygens (including phenoxy) is 1. The Hall–Kier alpha value is -0.120. The highest BCUT2D eigenvalue weighted by Gasteiger charge is 2.41. The first-order valence-electron chi connectivity index (χ1n) is 7.63. The lowest BCUT2D eigenvalue weighted by Gasteiger charge is -2.50. The Labute approximate surface area is 112 Å². The van der Waals surface area contributed by atoms with Crippen molar-refractivity contribution in [3.05, 3.63) is 0 Å². The monoisotopic (exact) mass is 254 g/mol. The number of nitrogens with zero attached hydrogens (tertiary/aromatic N) is 1. The molecule has 0 spiro atoms. The van der Waals surface area contributed by atoms with Crippen molar-refractivity contribution >= 4 is 0 Å². The van der Waals surface area contributed by atoms with Gasteiger partial charge in [0.1, 0.15) is 0 Å². The molecule has 3 atom stereocenters. The zero-order valence-corrected chi connectivity index (χ0v) is 12.5. The second-order valence-corrected chi connectivity index (χ2v) is 6.73. The summed E-state index contributed by atoms with van der Waals surface area (Å²) in [6, 6.07) is 1.30. The van der Waals surface area contributed by atoms with Crippen LogP contribution >= 0.6 is 0 Å². The highest BCUT2D eigenvalue weighted by Crippen LogP contribution is 2.29. The van der Waals surface area contributed by atoms with E-state index in [2.05, 4.69) is 37.9 Å². The van der Waals surface area contributed by atoms with Gasteiger partial charge < -0.3 is 10.1 Å². The SMILES string of the molecule is CCC1(C)CNC(CC(C)C)CN1C1CCOC1. The highest BCUT2D eigenvalue weighted by molar-refractivity contribution is 4.98. The van der Waals surface area contributed by atoms with Gasteiger partial charge in [0.25, 0.3) is 0 Å². The molecule has 2 aliphatic heterocycles. The first kappa shape index (κ1) is 14.3. The molecule has 0 aromatic carbocycles. The van der Waals surface area contributed by atoms with Crippen molar-refractivity contribution in [2.24, 2.45) is 5.92 Å². The molecule has 2 heterocycles. The maximum atomic E-state index is 5.60. The third kappa shape index (κ3) is 3.06. The Morgan fingerprint density at radius 1 is 1.44 bits per heavy atom. The van der Waals surface area contributed by atoms with E-state index in [-0.39, 0.29) is 0 Å². The largest absolute Gasteiger partial charge is 0.380 e. The molecule has 18 heavy (non-hydrogen) atoms. The first-order valence-corrected chi connectivity index (χ1v) is 7.63. The molecule has 0 aliphatic carbocycles. The van der Waals surface area contributed by atoms with Crippen LogP contribution < -0.4 is 5.32 Å². The van der Waals surface area contributed by atoms with Gasteiger partial charge in [0, 0.05) is 37.3 Å². The fourth-order valence-corrected chi connectivity index (χ4v) is 3.40. The van der Waals surface area contributed by atoms with Crippen molar-refractivity contribution in [1.29, 1.82) is 0 Å². The molecule has 0 bridgehead atoms. The standard InChI is InChI=1S/C15H30N2O/c1-5-15(4)11-16-13(8-12(2)3)9-17(15)14-6-7-18-10-14/h12-14,16H,5-11H2,1-4H3. The van der Waals surface area contributed by atoms with Crippen LogP contribution in [-0.4, -0.2) is 48.8 Å². The predicted octanol–water partition coefficient (Wildman–Crippen LogP) is 2.26. The molecule has 1 N–H and O–H groups in total. The van der Waals surface area contributed by atoms with Gasteiger partial charge in [-0.2, -0.15) is 0 Å². The summed E-state index contributed by atoms with van der Waals surface area (Å²) in [6.45, 7) is 13.6. The van der Waals surface area contributed by atoms with E-state index in [1.807, 2.05) is 0 Å². The van der Waals surface area contributed by atoms with Crippen LogP contribution in [0.15, 0.2) is 0 Å². The quantitative estimate of drug-likeness (QED) is 0.833. The Balaban J connectivity index is 2.03. The number of piperazine rings is 1. The van der Waals surface area contributed by atoms with E-state index in [4.69, 9.17) is 4.74 Å². The molecule has 0 saturated carbocycles. The van der Waals surface area contributed by atoms with Crippen LogP contribution in [0.3, 0.4) is 0 Å². The molecular formula is C15H30N2O. The van der Waals surface area contributed by atoms with Crippen molar-refractivity contribution in [3.8, 4) is 0 Å². The lowest BCUT2D eigenvalue weighted by molar-refractivity contribution is 0.00305. The summed E-state index contributed by atoms with van der Waals surface area (Å²) in [5, 5.41) is 3.76. The van der Waals surface area contributed by atoms with E-state index in [0.717, 1.165) is 25.7 Å². The lowest BCUT2D eigenvalue weighted by Crippen LogP contribution is -2.66. The molecule has 0 aromatic rings. The minimum absolute atomic E-state index is 0.311. The average Bonchev–Trinajstić information content (AvgIpc) is 2.84. The van der Waals surface area contributed by atoms with Crippen LogP contribution in [0, 0.1) is 5.92 Å². The summed E-state index contributed by atoms with van der Waals surface area (Å²) in [6.07, 6.45) is 3.71. The summed E-state index contributed by atoms with van der Waals surface area (Å²) in [7, 11) is 0. The molecule has 2 aliphatic rings. The molecule has 3 heteroatoms. The molecule has 2 rings (SSSR count). The molecule has 0 amide bonds. The fourth-order valence-electron chi connectivity index (χ4n) is 3.40. The molecule has 106 valence electrons. The summed E-state index contributed by atoms with van der Waals surface area (Å²) < 4.78 is 5.60. The smallest absolute Gasteiger partial charge is 0.0622 e. The van der Waals surface area contributed by atoms with E-state index in [1.165, 1.54) is 25.8 Å². The van der Waals surface area contributed by atoms with Gasteiger partial charge >= 0.3 is 0 Å². The molecule has 0 radical (unpaired) electrons. The van der Waals surface area contributed by atoms with Crippen LogP contribution in [0.4, 0.5) is 0 Å². The van der Waals surface area contributed by atoms with E-state index in [0.29, 0.717) is 17.6 Å². The molecule has 3 unspecified atom stereocenters. The fraction of sp³-hybridized carbons (Fsp3) is 1.00. The summed E-state index contributed by atoms with van der Waals surface area (Å²) in [5.74, 6) is 0.773. The van der Waals surface area contributed by atoms with Gasteiger partial charge in [0.05, 0.1) is 6.61 Å². The van der Waals surface area contributed by atoms with E-state index in [1.54, 1.807) is 0 Å². The Bertz CT molecular complexity index is 263. The van der Waals surface area contributed by atoms with E-state index < -0.39 is 0 Å². The lowest BCUT2D eigenvalue weighted by atomic mass is 9.88. The normalized spacial score (nSPS) is 38.5. The Morgan fingerprint density at radius 2 is 2.22 bits per heavy atom. The second kappa shape index (κ2) is 5.89. The van der Waals surface area contributed by atoms with Gasteiger partial charge in [-0.25, -0.2) is 0 Å². The Kier molecular flexibility index (Phi) is 4.68. The van der Waals surface area contributed by atoms with Crippen molar-refractivity contribution < 1.29 is 4.74 Å². The van der Waals surface area contributed by atoms with Gasteiger partial charge in [-0.3, -0.25) is 4.90 Å². The number of hydrogen-bond acceptors (Lipinski definition) is 3. The van der Waals surface area contributed by atoms with Crippen LogP contribution in [0.25, 0.3) is 0 Å². The maximum absolute atomic E-state index is 5.60. The topological polar surface area (TPSA) is 24.5 Å². The average molecular weight is 254 g/mol. The maximum Gasteiger partial charge on any atom is 0.0622 e. The van der Waals surface area contributed by atoms with E-state index in [9.17, 15) is 0 Å². The zero-order chi connectivity index (χ0) is 13.2. The summed E-state index contributed by atoms with van der Waals surface area (Å²) in [5.41, 5.74) is 0.311. The molecule has 3 nitrogen and oxygen atoms in total.